The van der Waals surface area contributed by atoms with Crippen molar-refractivity contribution in [1.29, 1.82) is 0 Å². The van der Waals surface area contributed by atoms with Gasteiger partial charge in [-0.3, -0.25) is 4.79 Å². The number of halogens is 2. The average molecular weight is 406 g/mol. The number of Topliss-reactive ketones (excluding diaryl/α,β-unsaturated/α-hetero) is 1. The van der Waals surface area contributed by atoms with Crippen molar-refractivity contribution in [1.82, 2.24) is 4.90 Å². The van der Waals surface area contributed by atoms with Crippen LogP contribution in [0.4, 0.5) is 4.79 Å². The van der Waals surface area contributed by atoms with Crippen LogP contribution in [0.15, 0.2) is 42.2 Å². The molecule has 0 saturated heterocycles. The third-order valence-electron chi connectivity index (χ3n) is 4.14. The van der Waals surface area contributed by atoms with Crippen LogP contribution in [0, 0.1) is 0 Å². The molecule has 1 amide bonds. The van der Waals surface area contributed by atoms with Crippen molar-refractivity contribution in [2.45, 2.75) is 13.8 Å². The fraction of sp³-hybridized carbons (Fsp3) is 0.200. The summed E-state index contributed by atoms with van der Waals surface area (Å²) in [6.07, 6.45) is 1.05. The molecule has 0 unspecified atom stereocenters. The van der Waals surface area contributed by atoms with Crippen LogP contribution in [-0.4, -0.2) is 29.9 Å². The Morgan fingerprint density at radius 2 is 1.81 bits per heavy atom. The summed E-state index contributed by atoms with van der Waals surface area (Å²) in [5.74, 6) is 0.435. The van der Waals surface area contributed by atoms with Crippen LogP contribution < -0.4 is 9.47 Å². The minimum atomic E-state index is -0.456. The van der Waals surface area contributed by atoms with E-state index in [1.54, 1.807) is 35.2 Å². The van der Waals surface area contributed by atoms with Crippen molar-refractivity contribution in [2.24, 2.45) is 0 Å². The fourth-order valence-electron chi connectivity index (χ4n) is 2.66. The summed E-state index contributed by atoms with van der Waals surface area (Å²) in [5, 5.41) is 0.826. The first-order valence-corrected chi connectivity index (χ1v) is 9.19. The highest BCUT2D eigenvalue weighted by Gasteiger charge is 2.28. The summed E-state index contributed by atoms with van der Waals surface area (Å²) in [4.78, 5) is 26.2. The summed E-state index contributed by atoms with van der Waals surface area (Å²) in [6.45, 7) is 4.82. The Balaban J connectivity index is 1.85. The monoisotopic (exact) mass is 405 g/mol. The molecule has 0 aromatic heterocycles. The van der Waals surface area contributed by atoms with Crippen molar-refractivity contribution < 1.29 is 19.1 Å². The number of hydrogen-bond donors (Lipinski definition) is 0. The number of amides is 1. The Hall–Kier alpha value is -2.50. The first kappa shape index (κ1) is 19.3. The normalized spacial score (nSPS) is 14.1. The predicted octanol–water partition coefficient (Wildman–Crippen LogP) is 5.45. The number of ketones is 1. The molecule has 7 heteroatoms. The highest BCUT2D eigenvalue weighted by molar-refractivity contribution is 6.37. The Morgan fingerprint density at radius 1 is 1.15 bits per heavy atom. The van der Waals surface area contributed by atoms with Crippen LogP contribution >= 0.6 is 23.2 Å². The van der Waals surface area contributed by atoms with Crippen LogP contribution in [-0.2, 0) is 0 Å². The van der Waals surface area contributed by atoms with E-state index in [1.165, 1.54) is 12.1 Å². The number of carbonyl (C=O) groups is 2. The van der Waals surface area contributed by atoms with Crippen LogP contribution in [0.3, 0.4) is 0 Å². The van der Waals surface area contributed by atoms with Gasteiger partial charge in [0.25, 0.3) is 0 Å². The SMILES string of the molecule is CCN(CC)C(=O)Oc1ccc2c(c1)O/C(=C/c1c(Cl)cccc1Cl)C2=O. The number of carbonyl (C=O) groups excluding carboxylic acids is 2. The smallest absolute Gasteiger partial charge is 0.415 e. The minimum absolute atomic E-state index is 0.104. The van der Waals surface area contributed by atoms with Gasteiger partial charge < -0.3 is 14.4 Å². The van der Waals surface area contributed by atoms with Gasteiger partial charge in [-0.25, -0.2) is 4.79 Å². The molecule has 0 spiro atoms. The zero-order valence-corrected chi connectivity index (χ0v) is 16.3. The third kappa shape index (κ3) is 3.94. The van der Waals surface area contributed by atoms with E-state index in [2.05, 4.69) is 0 Å². The minimum Gasteiger partial charge on any atom is -0.452 e. The van der Waals surface area contributed by atoms with E-state index in [1.807, 2.05) is 13.8 Å². The van der Waals surface area contributed by atoms with Crippen molar-refractivity contribution in [3.8, 4) is 11.5 Å². The second kappa shape index (κ2) is 8.03. The van der Waals surface area contributed by atoms with E-state index in [0.717, 1.165) is 0 Å². The molecule has 0 N–H and O–H groups in total. The van der Waals surface area contributed by atoms with Crippen molar-refractivity contribution in [3.05, 3.63) is 63.3 Å². The molecule has 3 rings (SSSR count). The molecule has 0 fully saturated rings. The molecule has 0 saturated carbocycles. The number of rotatable bonds is 4. The number of allylic oxidation sites excluding steroid dienone is 1. The number of fused-ring (bicyclic) bond motifs is 1. The van der Waals surface area contributed by atoms with E-state index in [0.29, 0.717) is 45.8 Å². The quantitative estimate of drug-likeness (QED) is 0.634. The van der Waals surface area contributed by atoms with Gasteiger partial charge in [-0.2, -0.15) is 0 Å². The molecule has 1 aliphatic heterocycles. The maximum Gasteiger partial charge on any atom is 0.415 e. The molecule has 1 heterocycles. The molecule has 2 aromatic rings. The van der Waals surface area contributed by atoms with Crippen LogP contribution in [0.2, 0.25) is 10.0 Å². The fourth-order valence-corrected chi connectivity index (χ4v) is 3.16. The summed E-state index contributed by atoms with van der Waals surface area (Å²) in [6, 6.07) is 9.72. The highest BCUT2D eigenvalue weighted by atomic mass is 35.5. The summed E-state index contributed by atoms with van der Waals surface area (Å²) < 4.78 is 11.0. The van der Waals surface area contributed by atoms with Gasteiger partial charge in [0.1, 0.15) is 11.5 Å². The lowest BCUT2D eigenvalue weighted by atomic mass is 10.1. The van der Waals surface area contributed by atoms with Gasteiger partial charge in [0.15, 0.2) is 5.76 Å². The number of benzene rings is 2. The van der Waals surface area contributed by atoms with Gasteiger partial charge in [-0.05, 0) is 44.2 Å². The van der Waals surface area contributed by atoms with Crippen molar-refractivity contribution in [2.75, 3.05) is 13.1 Å². The molecular formula is C20H17Cl2NO4. The predicted molar refractivity (Wildman–Crippen MR) is 105 cm³/mol. The topological polar surface area (TPSA) is 55.8 Å². The van der Waals surface area contributed by atoms with Gasteiger partial charge in [-0.15, -0.1) is 0 Å². The summed E-state index contributed by atoms with van der Waals surface area (Å²) in [5.41, 5.74) is 0.886. The Kier molecular flexibility index (Phi) is 5.73. The lowest BCUT2D eigenvalue weighted by molar-refractivity contribution is 0.101. The Labute approximate surface area is 167 Å². The van der Waals surface area contributed by atoms with Gasteiger partial charge in [-0.1, -0.05) is 29.3 Å². The highest BCUT2D eigenvalue weighted by Crippen LogP contribution is 2.36. The lowest BCUT2D eigenvalue weighted by Gasteiger charge is -2.17. The zero-order valence-electron chi connectivity index (χ0n) is 14.8. The second-order valence-corrected chi connectivity index (χ2v) is 6.59. The van der Waals surface area contributed by atoms with E-state index in [4.69, 9.17) is 32.7 Å². The molecule has 27 heavy (non-hydrogen) atoms. The molecule has 0 aliphatic carbocycles. The Morgan fingerprint density at radius 3 is 2.44 bits per heavy atom. The van der Waals surface area contributed by atoms with Crippen LogP contribution in [0.25, 0.3) is 6.08 Å². The van der Waals surface area contributed by atoms with Crippen LogP contribution in [0.1, 0.15) is 29.8 Å². The van der Waals surface area contributed by atoms with Gasteiger partial charge >= 0.3 is 6.09 Å². The molecule has 2 aromatic carbocycles. The summed E-state index contributed by atoms with van der Waals surface area (Å²) in [7, 11) is 0. The number of hydrogen-bond acceptors (Lipinski definition) is 4. The third-order valence-corrected chi connectivity index (χ3v) is 4.80. The largest absolute Gasteiger partial charge is 0.452 e. The number of ether oxygens (including phenoxy) is 2. The molecule has 1 aliphatic rings. The zero-order chi connectivity index (χ0) is 19.6. The van der Waals surface area contributed by atoms with E-state index in [-0.39, 0.29) is 11.5 Å². The molecule has 140 valence electrons. The molecule has 0 bridgehead atoms. The average Bonchev–Trinajstić information content (AvgIpc) is 2.94. The first-order chi connectivity index (χ1) is 12.9. The molecule has 0 radical (unpaired) electrons. The van der Waals surface area contributed by atoms with Gasteiger partial charge in [0.2, 0.25) is 5.78 Å². The van der Waals surface area contributed by atoms with Crippen molar-refractivity contribution in [3.63, 3.8) is 0 Å². The lowest BCUT2D eigenvalue weighted by Crippen LogP contribution is -2.33. The van der Waals surface area contributed by atoms with E-state index >= 15 is 0 Å². The summed E-state index contributed by atoms with van der Waals surface area (Å²) >= 11 is 12.3. The van der Waals surface area contributed by atoms with E-state index < -0.39 is 6.09 Å². The van der Waals surface area contributed by atoms with Crippen LogP contribution in [0.5, 0.6) is 11.5 Å². The number of nitrogens with zero attached hydrogens (tertiary/aromatic N) is 1. The Bertz CT molecular complexity index is 915. The van der Waals surface area contributed by atoms with Crippen molar-refractivity contribution >= 4 is 41.2 Å². The first-order valence-electron chi connectivity index (χ1n) is 8.43. The second-order valence-electron chi connectivity index (χ2n) is 5.77. The van der Waals surface area contributed by atoms with E-state index in [9.17, 15) is 9.59 Å². The standard InChI is InChI=1S/C20H17Cl2NO4/c1-3-23(4-2)20(25)26-12-8-9-13-17(10-12)27-18(19(13)24)11-14-15(21)6-5-7-16(14)22/h5-11H,3-4H2,1-2H3/b18-11+. The molecular weight excluding hydrogens is 389 g/mol. The van der Waals surface area contributed by atoms with Gasteiger partial charge in [0, 0.05) is 34.8 Å². The molecule has 0 atom stereocenters. The maximum absolute atomic E-state index is 12.6. The maximum atomic E-state index is 12.6. The van der Waals surface area contributed by atoms with Gasteiger partial charge in [0.05, 0.1) is 5.56 Å². The molecule has 5 nitrogen and oxygen atoms in total.